The lowest BCUT2D eigenvalue weighted by Crippen LogP contribution is -2.04. The lowest BCUT2D eigenvalue weighted by atomic mass is 10.3. The number of hydrogen-bond acceptors (Lipinski definition) is 5. The summed E-state index contributed by atoms with van der Waals surface area (Å²) in [4.78, 5) is 18.8. The van der Waals surface area contributed by atoms with Gasteiger partial charge in [0.1, 0.15) is 11.8 Å². The largest absolute Gasteiger partial charge is 0.464 e. The quantitative estimate of drug-likeness (QED) is 0.609. The molecule has 66 valence electrons. The fraction of sp³-hybridized carbons (Fsp3) is 0.125. The molecule has 0 unspecified atom stereocenters. The van der Waals surface area contributed by atoms with Crippen LogP contribution in [0.1, 0.15) is 10.5 Å². The summed E-state index contributed by atoms with van der Waals surface area (Å²) in [7, 11) is 1.29. The normalized spacial score (nSPS) is 10.2. The van der Waals surface area contributed by atoms with E-state index in [1.165, 1.54) is 19.7 Å². The molecule has 0 amide bonds. The topological polar surface area (TPSA) is 65.2 Å². The molecule has 0 aliphatic carbocycles. The van der Waals surface area contributed by atoms with Crippen LogP contribution in [0.15, 0.2) is 23.1 Å². The molecule has 0 aliphatic rings. The lowest BCUT2D eigenvalue weighted by Gasteiger charge is -1.96. The van der Waals surface area contributed by atoms with Gasteiger partial charge in [0.25, 0.3) is 0 Å². The Morgan fingerprint density at radius 1 is 1.54 bits per heavy atom. The molecular weight excluding hydrogens is 172 g/mol. The summed E-state index contributed by atoms with van der Waals surface area (Å²) in [6.07, 6.45) is 2.75. The summed E-state index contributed by atoms with van der Waals surface area (Å²) >= 11 is 0. The summed E-state index contributed by atoms with van der Waals surface area (Å²) < 4.78 is 9.57. The van der Waals surface area contributed by atoms with Gasteiger partial charge < -0.3 is 9.15 Å². The van der Waals surface area contributed by atoms with Gasteiger partial charge in [-0.2, -0.15) is 0 Å². The van der Waals surface area contributed by atoms with Crippen LogP contribution in [-0.2, 0) is 4.74 Å². The predicted molar refractivity (Wildman–Crippen MR) is 43.1 cm³/mol. The minimum absolute atomic E-state index is 0.150. The van der Waals surface area contributed by atoms with Crippen LogP contribution in [0.3, 0.4) is 0 Å². The van der Waals surface area contributed by atoms with Gasteiger partial charge in [0.05, 0.1) is 13.4 Å². The molecule has 0 atom stereocenters. The Morgan fingerprint density at radius 3 is 3.15 bits per heavy atom. The zero-order valence-corrected chi connectivity index (χ0v) is 6.85. The SMILES string of the molecule is COC(=O)c1ncnc2ccoc12. The number of carbonyl (C=O) groups is 1. The minimum atomic E-state index is -0.526. The zero-order chi connectivity index (χ0) is 9.26. The van der Waals surface area contributed by atoms with Crippen molar-refractivity contribution < 1.29 is 13.9 Å². The fourth-order valence-electron chi connectivity index (χ4n) is 1.03. The van der Waals surface area contributed by atoms with Crippen LogP contribution in [0.5, 0.6) is 0 Å². The number of rotatable bonds is 1. The molecule has 13 heavy (non-hydrogen) atoms. The van der Waals surface area contributed by atoms with Crippen molar-refractivity contribution in [2.75, 3.05) is 7.11 Å². The number of furan rings is 1. The van der Waals surface area contributed by atoms with Crippen molar-refractivity contribution in [1.29, 1.82) is 0 Å². The maximum absolute atomic E-state index is 11.2. The van der Waals surface area contributed by atoms with Gasteiger partial charge in [-0.15, -0.1) is 0 Å². The van der Waals surface area contributed by atoms with Crippen molar-refractivity contribution in [1.82, 2.24) is 9.97 Å². The van der Waals surface area contributed by atoms with Gasteiger partial charge in [0, 0.05) is 6.07 Å². The number of fused-ring (bicyclic) bond motifs is 1. The monoisotopic (exact) mass is 178 g/mol. The molecule has 5 heteroatoms. The van der Waals surface area contributed by atoms with E-state index in [0.717, 1.165) is 0 Å². The predicted octanol–water partition coefficient (Wildman–Crippen LogP) is 1.01. The van der Waals surface area contributed by atoms with Crippen molar-refractivity contribution in [3.8, 4) is 0 Å². The average molecular weight is 178 g/mol. The molecular formula is C8H6N2O3. The number of hydrogen-bond donors (Lipinski definition) is 0. The summed E-state index contributed by atoms with van der Waals surface area (Å²) in [5.41, 5.74) is 1.10. The summed E-state index contributed by atoms with van der Waals surface area (Å²) in [6, 6.07) is 1.66. The molecule has 0 aromatic carbocycles. The lowest BCUT2D eigenvalue weighted by molar-refractivity contribution is 0.0595. The smallest absolute Gasteiger partial charge is 0.360 e. The van der Waals surface area contributed by atoms with Crippen LogP contribution in [0, 0.1) is 0 Å². The van der Waals surface area contributed by atoms with Gasteiger partial charge in [-0.05, 0) is 0 Å². The first-order valence-corrected chi connectivity index (χ1v) is 3.59. The maximum atomic E-state index is 11.2. The first-order valence-electron chi connectivity index (χ1n) is 3.59. The molecule has 0 bridgehead atoms. The first kappa shape index (κ1) is 7.72. The Balaban J connectivity index is 2.67. The fourth-order valence-corrected chi connectivity index (χ4v) is 1.03. The zero-order valence-electron chi connectivity index (χ0n) is 6.85. The Morgan fingerprint density at radius 2 is 2.38 bits per heavy atom. The molecule has 0 N–H and O–H groups in total. The molecule has 2 rings (SSSR count). The van der Waals surface area contributed by atoms with Gasteiger partial charge in [0.15, 0.2) is 11.3 Å². The molecule has 2 aromatic rings. The molecule has 0 spiro atoms. The molecule has 2 aromatic heterocycles. The Kier molecular flexibility index (Phi) is 1.70. The van der Waals surface area contributed by atoms with Crippen molar-refractivity contribution in [2.24, 2.45) is 0 Å². The number of ether oxygens (including phenoxy) is 1. The highest BCUT2D eigenvalue weighted by Crippen LogP contribution is 2.15. The van der Waals surface area contributed by atoms with Gasteiger partial charge >= 0.3 is 5.97 Å². The Labute approximate surface area is 73.4 Å². The highest BCUT2D eigenvalue weighted by molar-refractivity contribution is 5.98. The Hall–Kier alpha value is -1.91. The molecule has 2 heterocycles. The van der Waals surface area contributed by atoms with E-state index in [1.54, 1.807) is 6.07 Å². The molecule has 5 nitrogen and oxygen atoms in total. The van der Waals surface area contributed by atoms with E-state index in [1.807, 2.05) is 0 Å². The standard InChI is InChI=1S/C8H6N2O3/c1-12-8(11)6-7-5(2-3-13-7)9-4-10-6/h2-4H,1H3. The number of carbonyl (C=O) groups excluding carboxylic acids is 1. The third-order valence-electron chi connectivity index (χ3n) is 1.62. The Bertz CT molecular complexity index is 449. The molecule has 0 saturated heterocycles. The van der Waals surface area contributed by atoms with E-state index >= 15 is 0 Å². The second-order valence-electron chi connectivity index (χ2n) is 2.35. The summed E-state index contributed by atoms with van der Waals surface area (Å²) in [5.74, 6) is -0.526. The van der Waals surface area contributed by atoms with E-state index < -0.39 is 5.97 Å². The van der Waals surface area contributed by atoms with E-state index in [-0.39, 0.29) is 5.69 Å². The summed E-state index contributed by atoms with van der Waals surface area (Å²) in [6.45, 7) is 0. The van der Waals surface area contributed by atoms with E-state index in [2.05, 4.69) is 14.7 Å². The van der Waals surface area contributed by atoms with Crippen molar-refractivity contribution >= 4 is 17.1 Å². The highest BCUT2D eigenvalue weighted by Gasteiger charge is 2.14. The second kappa shape index (κ2) is 2.85. The van der Waals surface area contributed by atoms with Crippen LogP contribution in [-0.4, -0.2) is 23.0 Å². The third-order valence-corrected chi connectivity index (χ3v) is 1.62. The maximum Gasteiger partial charge on any atom is 0.360 e. The minimum Gasteiger partial charge on any atom is -0.464 e. The number of aromatic nitrogens is 2. The molecule has 0 fully saturated rings. The average Bonchev–Trinajstić information content (AvgIpc) is 2.63. The van der Waals surface area contributed by atoms with Gasteiger partial charge in [0.2, 0.25) is 0 Å². The van der Waals surface area contributed by atoms with Crippen LogP contribution in [0.4, 0.5) is 0 Å². The van der Waals surface area contributed by atoms with Crippen LogP contribution < -0.4 is 0 Å². The number of methoxy groups -OCH3 is 1. The first-order chi connectivity index (χ1) is 6.33. The van der Waals surface area contributed by atoms with Gasteiger partial charge in [-0.3, -0.25) is 0 Å². The van der Waals surface area contributed by atoms with Crippen molar-refractivity contribution in [3.63, 3.8) is 0 Å². The number of esters is 1. The highest BCUT2D eigenvalue weighted by atomic mass is 16.5. The third kappa shape index (κ3) is 1.14. The second-order valence-corrected chi connectivity index (χ2v) is 2.35. The molecule has 0 radical (unpaired) electrons. The van der Waals surface area contributed by atoms with E-state index in [0.29, 0.717) is 11.1 Å². The number of nitrogens with zero attached hydrogens (tertiary/aromatic N) is 2. The van der Waals surface area contributed by atoms with Crippen molar-refractivity contribution in [3.05, 3.63) is 24.4 Å². The van der Waals surface area contributed by atoms with E-state index in [4.69, 9.17) is 4.42 Å². The molecule has 0 saturated carbocycles. The van der Waals surface area contributed by atoms with Gasteiger partial charge in [-0.1, -0.05) is 0 Å². The summed E-state index contributed by atoms with van der Waals surface area (Å²) in [5, 5.41) is 0. The molecule has 0 aliphatic heterocycles. The van der Waals surface area contributed by atoms with Gasteiger partial charge in [-0.25, -0.2) is 14.8 Å². The van der Waals surface area contributed by atoms with Crippen molar-refractivity contribution in [2.45, 2.75) is 0 Å². The van der Waals surface area contributed by atoms with Crippen LogP contribution >= 0.6 is 0 Å². The van der Waals surface area contributed by atoms with E-state index in [9.17, 15) is 4.79 Å². The van der Waals surface area contributed by atoms with Crippen LogP contribution in [0.25, 0.3) is 11.1 Å². The van der Waals surface area contributed by atoms with Crippen LogP contribution in [0.2, 0.25) is 0 Å².